The van der Waals surface area contributed by atoms with Gasteiger partial charge in [0, 0.05) is 24.5 Å². The van der Waals surface area contributed by atoms with Crippen molar-refractivity contribution >= 4 is 39.1 Å². The van der Waals surface area contributed by atoms with Crippen LogP contribution in [0.3, 0.4) is 0 Å². The van der Waals surface area contributed by atoms with Crippen LogP contribution in [0.4, 0.5) is 5.69 Å². The van der Waals surface area contributed by atoms with Crippen molar-refractivity contribution in [1.82, 2.24) is 10.2 Å². The number of ether oxygens (including phenoxy) is 1. The van der Waals surface area contributed by atoms with Gasteiger partial charge in [-0.2, -0.15) is 0 Å². The number of carbonyl (C=O) groups is 2. The summed E-state index contributed by atoms with van der Waals surface area (Å²) in [6, 6.07) is 28.5. The number of carbonyl (C=O) groups excluding carboxylic acids is 2. The van der Waals surface area contributed by atoms with E-state index in [1.807, 2.05) is 75.4 Å². The normalized spacial score (nSPS) is 12.0. The van der Waals surface area contributed by atoms with Gasteiger partial charge in [0.1, 0.15) is 18.3 Å². The Kier molecular flexibility index (Phi) is 11.8. The number of anilines is 1. The molecule has 0 saturated heterocycles. The molecule has 4 rings (SSSR count). The van der Waals surface area contributed by atoms with Gasteiger partial charge in [0.25, 0.3) is 10.0 Å². The Labute approximate surface area is 277 Å². The zero-order chi connectivity index (χ0) is 33.3. The Morgan fingerprint density at radius 3 is 2.15 bits per heavy atom. The molecule has 46 heavy (non-hydrogen) atoms. The van der Waals surface area contributed by atoms with Gasteiger partial charge in [-0.3, -0.25) is 13.9 Å². The highest BCUT2D eigenvalue weighted by Gasteiger charge is 2.34. The molecule has 0 aromatic heterocycles. The summed E-state index contributed by atoms with van der Waals surface area (Å²) >= 11 is 6.30. The van der Waals surface area contributed by atoms with Crippen molar-refractivity contribution in [2.24, 2.45) is 5.92 Å². The highest BCUT2D eigenvalue weighted by molar-refractivity contribution is 7.92. The summed E-state index contributed by atoms with van der Waals surface area (Å²) in [5, 5.41) is 3.31. The third-order valence-corrected chi connectivity index (χ3v) is 9.47. The predicted molar refractivity (Wildman–Crippen MR) is 182 cm³/mol. The van der Waals surface area contributed by atoms with Crippen LogP contribution in [0.15, 0.2) is 108 Å². The fourth-order valence-electron chi connectivity index (χ4n) is 4.90. The summed E-state index contributed by atoms with van der Waals surface area (Å²) in [5.74, 6) is -0.177. The van der Waals surface area contributed by atoms with E-state index in [1.165, 1.54) is 30.2 Å². The van der Waals surface area contributed by atoms with E-state index in [9.17, 15) is 18.0 Å². The largest absolute Gasteiger partial charge is 0.497 e. The number of methoxy groups -OCH3 is 1. The van der Waals surface area contributed by atoms with Gasteiger partial charge in [-0.1, -0.05) is 91.7 Å². The Morgan fingerprint density at radius 2 is 1.54 bits per heavy atom. The summed E-state index contributed by atoms with van der Waals surface area (Å²) in [5.41, 5.74) is 2.94. The maximum Gasteiger partial charge on any atom is 0.264 e. The number of nitrogens with one attached hydrogen (secondary N) is 1. The minimum Gasteiger partial charge on any atom is -0.497 e. The van der Waals surface area contributed by atoms with E-state index >= 15 is 0 Å². The molecule has 1 unspecified atom stereocenters. The van der Waals surface area contributed by atoms with Gasteiger partial charge in [-0.05, 0) is 66.4 Å². The molecule has 4 aromatic carbocycles. The fourth-order valence-corrected chi connectivity index (χ4v) is 6.49. The molecule has 8 nitrogen and oxygen atoms in total. The van der Waals surface area contributed by atoms with Gasteiger partial charge >= 0.3 is 0 Å². The minimum absolute atomic E-state index is 0.0262. The number of hydrogen-bond donors (Lipinski definition) is 1. The van der Waals surface area contributed by atoms with Crippen molar-refractivity contribution in [2.45, 2.75) is 44.7 Å². The highest BCUT2D eigenvalue weighted by atomic mass is 35.5. The standard InChI is InChI=1S/C36H40ClN3O5S/c1-26(2)23-38-36(42)34(21-28-9-6-5-7-10-28)39(24-29-15-13-27(3)14-16-29)35(41)25-40(31-12-8-11-30(37)22-31)46(43,44)33-19-17-32(45-4)18-20-33/h5-20,22,26,34H,21,23-25H2,1-4H3,(H,38,42). The average Bonchev–Trinajstić information content (AvgIpc) is 3.05. The highest BCUT2D eigenvalue weighted by Crippen LogP contribution is 2.28. The number of rotatable bonds is 14. The number of benzene rings is 4. The van der Waals surface area contributed by atoms with E-state index in [1.54, 1.807) is 30.3 Å². The minimum atomic E-state index is -4.26. The Balaban J connectivity index is 1.79. The Hall–Kier alpha value is -4.34. The van der Waals surface area contributed by atoms with Crippen molar-refractivity contribution in [2.75, 3.05) is 24.5 Å². The van der Waals surface area contributed by atoms with Crippen molar-refractivity contribution in [3.63, 3.8) is 0 Å². The lowest BCUT2D eigenvalue weighted by Gasteiger charge is -2.34. The second-order valence-corrected chi connectivity index (χ2v) is 13.8. The van der Waals surface area contributed by atoms with Crippen LogP contribution in [-0.2, 0) is 32.6 Å². The molecule has 10 heteroatoms. The molecule has 242 valence electrons. The van der Waals surface area contributed by atoms with Crippen LogP contribution in [-0.4, -0.2) is 51.4 Å². The molecular weight excluding hydrogens is 622 g/mol. The van der Waals surface area contributed by atoms with Crippen LogP contribution in [0.25, 0.3) is 0 Å². The van der Waals surface area contributed by atoms with Gasteiger partial charge in [-0.15, -0.1) is 0 Å². The first-order chi connectivity index (χ1) is 22.0. The fraction of sp³-hybridized carbons (Fsp3) is 0.278. The summed E-state index contributed by atoms with van der Waals surface area (Å²) in [4.78, 5) is 29.8. The van der Waals surface area contributed by atoms with Gasteiger partial charge in [0.2, 0.25) is 11.8 Å². The molecule has 1 atom stereocenters. The SMILES string of the molecule is COc1ccc(S(=O)(=O)N(CC(=O)N(Cc2ccc(C)cc2)C(Cc2ccccc2)C(=O)NCC(C)C)c2cccc(Cl)c2)cc1. The van der Waals surface area contributed by atoms with E-state index in [4.69, 9.17) is 16.3 Å². The maximum atomic E-state index is 14.5. The number of sulfonamides is 1. The lowest BCUT2D eigenvalue weighted by Crippen LogP contribution is -2.53. The molecule has 0 spiro atoms. The quantitative estimate of drug-likeness (QED) is 0.172. The number of amides is 2. The predicted octanol–water partition coefficient (Wildman–Crippen LogP) is 6.26. The van der Waals surface area contributed by atoms with Crippen LogP contribution < -0.4 is 14.4 Å². The number of nitrogens with zero attached hydrogens (tertiary/aromatic N) is 2. The molecule has 0 aliphatic rings. The smallest absolute Gasteiger partial charge is 0.264 e. The van der Waals surface area contributed by atoms with Crippen LogP contribution >= 0.6 is 11.6 Å². The second-order valence-electron chi connectivity index (χ2n) is 11.5. The summed E-state index contributed by atoms with van der Waals surface area (Å²) in [7, 11) is -2.77. The number of hydrogen-bond acceptors (Lipinski definition) is 5. The first kappa shape index (κ1) is 34.5. The summed E-state index contributed by atoms with van der Waals surface area (Å²) in [6.07, 6.45) is 0.241. The lowest BCUT2D eigenvalue weighted by molar-refractivity contribution is -0.140. The molecule has 4 aromatic rings. The molecule has 2 amide bonds. The molecule has 0 aliphatic carbocycles. The Bertz CT molecular complexity index is 1710. The average molecular weight is 662 g/mol. The van der Waals surface area contributed by atoms with E-state index in [2.05, 4.69) is 5.32 Å². The molecule has 0 aliphatic heterocycles. The van der Waals surface area contributed by atoms with Gasteiger partial charge in [0.15, 0.2) is 0 Å². The first-order valence-corrected chi connectivity index (χ1v) is 16.9. The maximum absolute atomic E-state index is 14.5. The van der Waals surface area contributed by atoms with E-state index < -0.39 is 28.5 Å². The zero-order valence-electron chi connectivity index (χ0n) is 26.5. The van der Waals surface area contributed by atoms with E-state index in [0.717, 1.165) is 21.0 Å². The van der Waals surface area contributed by atoms with Crippen molar-refractivity contribution in [3.05, 3.63) is 125 Å². The van der Waals surface area contributed by atoms with Crippen molar-refractivity contribution in [3.8, 4) is 5.75 Å². The van der Waals surface area contributed by atoms with Gasteiger partial charge in [-0.25, -0.2) is 8.42 Å². The Morgan fingerprint density at radius 1 is 0.870 bits per heavy atom. The molecule has 0 bridgehead atoms. The third-order valence-electron chi connectivity index (χ3n) is 7.45. The summed E-state index contributed by atoms with van der Waals surface area (Å²) < 4.78 is 34.6. The van der Waals surface area contributed by atoms with Crippen LogP contribution in [0, 0.1) is 12.8 Å². The molecule has 0 saturated carbocycles. The monoisotopic (exact) mass is 661 g/mol. The van der Waals surface area contributed by atoms with Crippen LogP contribution in [0.1, 0.15) is 30.5 Å². The van der Waals surface area contributed by atoms with Gasteiger partial charge in [0.05, 0.1) is 17.7 Å². The van der Waals surface area contributed by atoms with Crippen LogP contribution in [0.2, 0.25) is 5.02 Å². The second kappa shape index (κ2) is 15.8. The van der Waals surface area contributed by atoms with Crippen molar-refractivity contribution < 1.29 is 22.7 Å². The molecular formula is C36H40ClN3O5S. The number of aryl methyl sites for hydroxylation is 1. The molecule has 0 heterocycles. The summed E-state index contributed by atoms with van der Waals surface area (Å²) in [6.45, 7) is 5.92. The lowest BCUT2D eigenvalue weighted by atomic mass is 10.0. The molecule has 0 radical (unpaired) electrons. The zero-order valence-corrected chi connectivity index (χ0v) is 28.1. The first-order valence-electron chi connectivity index (χ1n) is 15.1. The van der Waals surface area contributed by atoms with Crippen LogP contribution in [0.5, 0.6) is 5.75 Å². The van der Waals surface area contributed by atoms with Gasteiger partial charge < -0.3 is 15.0 Å². The van der Waals surface area contributed by atoms with E-state index in [-0.39, 0.29) is 35.4 Å². The van der Waals surface area contributed by atoms with E-state index in [0.29, 0.717) is 17.3 Å². The molecule has 1 N–H and O–H groups in total. The third kappa shape index (κ3) is 9.11. The number of halogens is 1. The van der Waals surface area contributed by atoms with Crippen molar-refractivity contribution in [1.29, 1.82) is 0 Å². The topological polar surface area (TPSA) is 96.0 Å². The molecule has 0 fully saturated rings.